The summed E-state index contributed by atoms with van der Waals surface area (Å²) in [5.41, 5.74) is 2.81. The lowest BCUT2D eigenvalue weighted by Gasteiger charge is -2.56. The Hall–Kier alpha value is -0.870. The van der Waals surface area contributed by atoms with Crippen molar-refractivity contribution in [2.24, 2.45) is 29.6 Å². The zero-order valence-corrected chi connectivity index (χ0v) is 16.7. The number of hydrogen-bond donors (Lipinski definition) is 1. The highest BCUT2D eigenvalue weighted by Crippen LogP contribution is 2.57. The quantitative estimate of drug-likeness (QED) is 0.866. The van der Waals surface area contributed by atoms with Crippen LogP contribution in [-0.2, 0) is 10.0 Å². The van der Waals surface area contributed by atoms with Crippen LogP contribution in [-0.4, -0.2) is 14.5 Å². The number of nitrogens with one attached hydrogen (secondary N) is 1. The fourth-order valence-corrected chi connectivity index (χ4v) is 8.49. The Bertz CT molecular complexity index is 732. The maximum absolute atomic E-state index is 13.1. The Kier molecular flexibility index (Phi) is 4.27. The minimum Gasteiger partial charge on any atom is -0.208 e. The molecular formula is C21H31NO2S. The van der Waals surface area contributed by atoms with Crippen LogP contribution < -0.4 is 4.72 Å². The lowest BCUT2D eigenvalue weighted by molar-refractivity contribution is -0.0463. The summed E-state index contributed by atoms with van der Waals surface area (Å²) < 4.78 is 29.3. The number of benzene rings is 1. The van der Waals surface area contributed by atoms with E-state index in [-0.39, 0.29) is 6.04 Å². The first-order chi connectivity index (χ1) is 11.7. The monoisotopic (exact) mass is 361 g/mol. The van der Waals surface area contributed by atoms with E-state index in [0.29, 0.717) is 10.8 Å². The highest BCUT2D eigenvalue weighted by molar-refractivity contribution is 7.89. The molecule has 0 radical (unpaired) electrons. The van der Waals surface area contributed by atoms with E-state index in [9.17, 15) is 8.42 Å². The van der Waals surface area contributed by atoms with Gasteiger partial charge in [-0.15, -0.1) is 0 Å². The van der Waals surface area contributed by atoms with E-state index in [1.54, 1.807) is 0 Å². The summed E-state index contributed by atoms with van der Waals surface area (Å²) in [4.78, 5) is 0.480. The molecule has 138 valence electrons. The van der Waals surface area contributed by atoms with Crippen molar-refractivity contribution in [1.29, 1.82) is 0 Å². The molecule has 0 unspecified atom stereocenters. The molecule has 0 heterocycles. The second-order valence-electron chi connectivity index (χ2n) is 9.15. The maximum Gasteiger partial charge on any atom is 0.241 e. The van der Waals surface area contributed by atoms with Gasteiger partial charge in [0.05, 0.1) is 4.90 Å². The Morgan fingerprint density at radius 3 is 1.88 bits per heavy atom. The number of sulfonamides is 1. The fourth-order valence-electron chi connectivity index (χ4n) is 6.76. The molecule has 4 fully saturated rings. The number of rotatable bonds is 4. The molecule has 4 aliphatic rings. The van der Waals surface area contributed by atoms with E-state index >= 15 is 0 Å². The molecule has 0 aliphatic heterocycles. The molecule has 0 aromatic heterocycles. The highest BCUT2D eigenvalue weighted by Gasteiger charge is 2.50. The molecule has 1 atom stereocenters. The number of hydrogen-bond acceptors (Lipinski definition) is 2. The Balaban J connectivity index is 1.57. The second kappa shape index (κ2) is 6.09. The van der Waals surface area contributed by atoms with Crippen LogP contribution in [0.2, 0.25) is 0 Å². The van der Waals surface area contributed by atoms with Crippen LogP contribution >= 0.6 is 0 Å². The van der Waals surface area contributed by atoms with Crippen LogP contribution in [0.4, 0.5) is 0 Å². The van der Waals surface area contributed by atoms with Crippen molar-refractivity contribution in [3.63, 3.8) is 0 Å². The molecule has 1 aromatic rings. The van der Waals surface area contributed by atoms with Crippen molar-refractivity contribution < 1.29 is 8.42 Å². The summed E-state index contributed by atoms with van der Waals surface area (Å²) in [5, 5.41) is 0. The average Bonchev–Trinajstić information content (AvgIpc) is 2.43. The summed E-state index contributed by atoms with van der Waals surface area (Å²) in [6.07, 6.45) is 6.73. The van der Waals surface area contributed by atoms with E-state index < -0.39 is 10.0 Å². The largest absolute Gasteiger partial charge is 0.241 e. The van der Waals surface area contributed by atoms with Crippen molar-refractivity contribution in [1.82, 2.24) is 4.72 Å². The summed E-state index contributed by atoms with van der Waals surface area (Å²) in [7, 11) is -3.47. The molecule has 4 heteroatoms. The van der Waals surface area contributed by atoms with Gasteiger partial charge in [-0.25, -0.2) is 13.1 Å². The molecular weight excluding hydrogens is 330 g/mol. The standard InChI is InChI=1S/C21H31NO2S/c1-12-5-13(2)21(14(3)6-12)25(23,24)22-15(4)20-18-8-16-7-17(10-18)11-19(20)9-16/h5-6,15-20,22H,7-11H2,1-4H3/t15-,16?,17?,18?,19?,20?/m0/s1. The van der Waals surface area contributed by atoms with Crippen LogP contribution in [0.1, 0.15) is 55.7 Å². The van der Waals surface area contributed by atoms with Gasteiger partial charge in [-0.1, -0.05) is 17.7 Å². The second-order valence-corrected chi connectivity index (χ2v) is 10.8. The van der Waals surface area contributed by atoms with Gasteiger partial charge < -0.3 is 0 Å². The van der Waals surface area contributed by atoms with E-state index in [0.717, 1.165) is 40.4 Å². The third-order valence-electron chi connectivity index (χ3n) is 7.09. The molecule has 0 amide bonds. The van der Waals surface area contributed by atoms with Crippen molar-refractivity contribution in [3.05, 3.63) is 28.8 Å². The minimum absolute atomic E-state index is 0.0279. The van der Waals surface area contributed by atoms with Crippen LogP contribution in [0.5, 0.6) is 0 Å². The molecule has 3 nitrogen and oxygen atoms in total. The smallest absolute Gasteiger partial charge is 0.208 e. The van der Waals surface area contributed by atoms with Gasteiger partial charge in [0.25, 0.3) is 0 Å². The first kappa shape index (κ1) is 17.5. The van der Waals surface area contributed by atoms with E-state index in [2.05, 4.69) is 11.6 Å². The molecule has 4 aliphatic carbocycles. The topological polar surface area (TPSA) is 46.2 Å². The van der Waals surface area contributed by atoms with Crippen LogP contribution in [0, 0.1) is 50.4 Å². The Morgan fingerprint density at radius 1 is 0.920 bits per heavy atom. The molecule has 0 saturated heterocycles. The van der Waals surface area contributed by atoms with Gasteiger partial charge in [-0.3, -0.25) is 0 Å². The molecule has 1 aromatic carbocycles. The normalized spacial score (nSPS) is 35.1. The van der Waals surface area contributed by atoms with Gasteiger partial charge >= 0.3 is 0 Å². The summed E-state index contributed by atoms with van der Waals surface area (Å²) in [5.74, 6) is 3.82. The summed E-state index contributed by atoms with van der Waals surface area (Å²) in [6, 6.07) is 3.96. The van der Waals surface area contributed by atoms with Crippen LogP contribution in [0.3, 0.4) is 0 Å². The van der Waals surface area contributed by atoms with E-state index in [4.69, 9.17) is 0 Å². The molecule has 5 rings (SSSR count). The van der Waals surface area contributed by atoms with Gasteiger partial charge in [0.2, 0.25) is 10.0 Å². The lowest BCUT2D eigenvalue weighted by atomic mass is 9.51. The van der Waals surface area contributed by atoms with E-state index in [1.807, 2.05) is 32.9 Å². The van der Waals surface area contributed by atoms with Gasteiger partial charge in [0.1, 0.15) is 0 Å². The zero-order valence-electron chi connectivity index (χ0n) is 15.9. The molecule has 4 bridgehead atoms. The van der Waals surface area contributed by atoms with Gasteiger partial charge in [0.15, 0.2) is 0 Å². The predicted molar refractivity (Wildman–Crippen MR) is 101 cm³/mol. The third-order valence-corrected chi connectivity index (χ3v) is 8.95. The number of aryl methyl sites for hydroxylation is 3. The van der Waals surface area contributed by atoms with Crippen molar-refractivity contribution >= 4 is 10.0 Å². The van der Waals surface area contributed by atoms with Gasteiger partial charge in [-0.05, 0) is 101 Å². The molecule has 25 heavy (non-hydrogen) atoms. The zero-order chi connectivity index (χ0) is 17.9. The van der Waals surface area contributed by atoms with Crippen molar-refractivity contribution in [3.8, 4) is 0 Å². The minimum atomic E-state index is -3.47. The molecule has 4 saturated carbocycles. The summed E-state index contributed by atoms with van der Waals surface area (Å²) >= 11 is 0. The Labute approximate surface area is 152 Å². The lowest BCUT2D eigenvalue weighted by Crippen LogP contribution is -2.53. The van der Waals surface area contributed by atoms with Gasteiger partial charge in [-0.2, -0.15) is 0 Å². The van der Waals surface area contributed by atoms with Gasteiger partial charge in [0, 0.05) is 6.04 Å². The fraction of sp³-hybridized carbons (Fsp3) is 0.714. The van der Waals surface area contributed by atoms with Crippen molar-refractivity contribution in [2.45, 2.75) is 70.7 Å². The Morgan fingerprint density at radius 2 is 1.40 bits per heavy atom. The summed E-state index contributed by atoms with van der Waals surface area (Å²) in [6.45, 7) is 7.93. The molecule has 1 N–H and O–H groups in total. The van der Waals surface area contributed by atoms with Crippen LogP contribution in [0.25, 0.3) is 0 Å². The first-order valence-electron chi connectivity index (χ1n) is 9.84. The first-order valence-corrected chi connectivity index (χ1v) is 11.3. The van der Waals surface area contributed by atoms with Crippen molar-refractivity contribution in [2.75, 3.05) is 0 Å². The molecule has 0 spiro atoms. The third kappa shape index (κ3) is 3.06. The highest BCUT2D eigenvalue weighted by atomic mass is 32.2. The predicted octanol–water partition coefficient (Wildman–Crippen LogP) is 4.35. The van der Waals surface area contributed by atoms with Crippen LogP contribution in [0.15, 0.2) is 17.0 Å². The maximum atomic E-state index is 13.1. The SMILES string of the molecule is Cc1cc(C)c(S(=O)(=O)N[C@@H](C)C2C3CC4CC(C3)CC2C4)c(C)c1. The van der Waals surface area contributed by atoms with E-state index in [1.165, 1.54) is 32.1 Å². The average molecular weight is 362 g/mol.